The molecule has 2 aliphatic rings. The molecule has 1 aliphatic carbocycles. The lowest BCUT2D eigenvalue weighted by Gasteiger charge is -2.41. The van der Waals surface area contributed by atoms with E-state index in [1.54, 1.807) is 7.11 Å². The number of hydrogen-bond donors (Lipinski definition) is 0. The Hall–Kier alpha value is -0.970. The summed E-state index contributed by atoms with van der Waals surface area (Å²) in [6.07, 6.45) is -0.699. The van der Waals surface area contributed by atoms with Crippen molar-refractivity contribution in [2.75, 3.05) is 32.5 Å². The normalized spacial score (nSPS) is 21.8. The van der Waals surface area contributed by atoms with Gasteiger partial charge in [-0.1, -0.05) is 34.2 Å². The molecule has 3 rings (SSSR count). The molecule has 0 aromatic heterocycles. The maximum atomic E-state index is 13.1. The van der Waals surface area contributed by atoms with Crippen molar-refractivity contribution in [3.8, 4) is 0 Å². The lowest BCUT2D eigenvalue weighted by atomic mass is 9.92. The number of rotatable bonds is 7. The molecule has 0 N–H and O–H groups in total. The quantitative estimate of drug-likeness (QED) is 0.332. The number of allylic oxidation sites excluding steroid dienone is 3. The van der Waals surface area contributed by atoms with Crippen LogP contribution in [0.5, 0.6) is 0 Å². The van der Waals surface area contributed by atoms with Gasteiger partial charge in [-0.25, -0.2) is 0 Å². The maximum Gasteiger partial charge on any atom is 0.416 e. The van der Waals surface area contributed by atoms with Crippen LogP contribution >= 0.6 is 27.7 Å². The van der Waals surface area contributed by atoms with Crippen molar-refractivity contribution < 1.29 is 31.1 Å². The largest absolute Gasteiger partial charge is 0.416 e. The number of ether oxygens (including phenoxy) is 1. The van der Waals surface area contributed by atoms with Gasteiger partial charge in [0.1, 0.15) is 0 Å². The average Bonchev–Trinajstić information content (AvgIpc) is 2.77. The Labute approximate surface area is 202 Å². The topological polar surface area (TPSA) is 12.5 Å². The van der Waals surface area contributed by atoms with E-state index in [0.29, 0.717) is 24.9 Å². The number of halogens is 7. The van der Waals surface area contributed by atoms with Crippen LogP contribution in [0.1, 0.15) is 36.0 Å². The molecule has 1 unspecified atom stereocenters. The van der Waals surface area contributed by atoms with Gasteiger partial charge in [0.2, 0.25) is 0 Å². The number of methoxy groups -OCH3 is 1. The number of nitrogens with zero attached hydrogens (tertiary/aromatic N) is 1. The lowest BCUT2D eigenvalue weighted by Crippen LogP contribution is -2.48. The first-order chi connectivity index (χ1) is 15.4. The molecular formula is C23H26BrF6NOS. The van der Waals surface area contributed by atoms with Gasteiger partial charge in [-0.2, -0.15) is 38.1 Å². The number of likely N-dealkylation sites (tertiary alicyclic amines) is 1. The number of piperidine rings is 1. The summed E-state index contributed by atoms with van der Waals surface area (Å²) in [7, 11) is 1.70. The molecule has 2 nitrogen and oxygen atoms in total. The molecule has 10 heteroatoms. The third-order valence-electron chi connectivity index (χ3n) is 6.14. The Kier molecular flexibility index (Phi) is 8.67. The Morgan fingerprint density at radius 3 is 2.15 bits per heavy atom. The third kappa shape index (κ3) is 7.50. The van der Waals surface area contributed by atoms with Crippen molar-refractivity contribution in [1.29, 1.82) is 0 Å². The molecule has 0 spiro atoms. The predicted molar refractivity (Wildman–Crippen MR) is 123 cm³/mol. The molecule has 0 bridgehead atoms. The molecule has 1 fully saturated rings. The number of benzene rings is 1. The van der Waals surface area contributed by atoms with Crippen molar-refractivity contribution in [3.63, 3.8) is 0 Å². The number of hydrogen-bond acceptors (Lipinski definition) is 3. The van der Waals surface area contributed by atoms with E-state index >= 15 is 0 Å². The fourth-order valence-corrected chi connectivity index (χ4v) is 5.69. The van der Waals surface area contributed by atoms with Crippen molar-refractivity contribution in [2.24, 2.45) is 0 Å². The van der Waals surface area contributed by atoms with Gasteiger partial charge in [0.25, 0.3) is 0 Å². The highest BCUT2D eigenvalue weighted by Crippen LogP contribution is 2.37. The van der Waals surface area contributed by atoms with E-state index in [4.69, 9.17) is 4.74 Å². The second-order valence-electron chi connectivity index (χ2n) is 8.43. The first-order valence-corrected chi connectivity index (χ1v) is 12.5. The zero-order valence-corrected chi connectivity index (χ0v) is 20.5. The van der Waals surface area contributed by atoms with E-state index in [2.05, 4.69) is 33.0 Å². The van der Waals surface area contributed by atoms with Crippen LogP contribution in [0.4, 0.5) is 26.3 Å². The van der Waals surface area contributed by atoms with E-state index in [1.165, 1.54) is 0 Å². The predicted octanol–water partition coefficient (Wildman–Crippen LogP) is 7.09. The lowest BCUT2D eigenvalue weighted by molar-refractivity contribution is -0.143. The van der Waals surface area contributed by atoms with Crippen LogP contribution in [-0.2, 0) is 23.5 Å². The summed E-state index contributed by atoms with van der Waals surface area (Å²) in [4.78, 5) is 2.08. The van der Waals surface area contributed by atoms with Crippen molar-refractivity contribution >= 4 is 27.7 Å². The first-order valence-electron chi connectivity index (χ1n) is 10.6. The minimum absolute atomic E-state index is 0.0413. The van der Waals surface area contributed by atoms with Gasteiger partial charge in [0.05, 0.1) is 16.7 Å². The zero-order valence-electron chi connectivity index (χ0n) is 18.1. The number of thioether (sulfide) groups is 1. The summed E-state index contributed by atoms with van der Waals surface area (Å²) >= 11 is 5.30. The molecule has 1 atom stereocenters. The smallest absolute Gasteiger partial charge is 0.377 e. The van der Waals surface area contributed by atoms with E-state index < -0.39 is 23.5 Å². The molecule has 0 radical (unpaired) electrons. The minimum Gasteiger partial charge on any atom is -0.377 e. The summed E-state index contributed by atoms with van der Waals surface area (Å²) < 4.78 is 85.4. The van der Waals surface area contributed by atoms with E-state index in [1.807, 2.05) is 17.8 Å². The van der Waals surface area contributed by atoms with Crippen LogP contribution in [0, 0.1) is 0 Å². The van der Waals surface area contributed by atoms with Gasteiger partial charge in [-0.15, -0.1) is 0 Å². The van der Waals surface area contributed by atoms with Gasteiger partial charge >= 0.3 is 12.4 Å². The van der Waals surface area contributed by atoms with Gasteiger partial charge in [0, 0.05) is 42.2 Å². The molecule has 1 saturated heterocycles. The van der Waals surface area contributed by atoms with Crippen LogP contribution in [0.15, 0.2) is 40.9 Å². The van der Waals surface area contributed by atoms with Gasteiger partial charge in [0.15, 0.2) is 0 Å². The highest BCUT2D eigenvalue weighted by Gasteiger charge is 2.37. The van der Waals surface area contributed by atoms with Crippen LogP contribution in [0.2, 0.25) is 0 Å². The summed E-state index contributed by atoms with van der Waals surface area (Å²) in [6.45, 7) is 1.77. The fraction of sp³-hybridized carbons (Fsp3) is 0.565. The minimum atomic E-state index is -4.82. The monoisotopic (exact) mass is 557 g/mol. The number of alkyl halides is 6. The molecule has 0 amide bonds. The van der Waals surface area contributed by atoms with Gasteiger partial charge in [-0.05, 0) is 49.4 Å². The van der Waals surface area contributed by atoms with Crippen molar-refractivity contribution in [1.82, 2.24) is 4.90 Å². The second-order valence-corrected chi connectivity index (χ2v) is 10.6. The first kappa shape index (κ1) is 26.6. The summed E-state index contributed by atoms with van der Waals surface area (Å²) in [5.41, 5.74) is -2.76. The van der Waals surface area contributed by atoms with Crippen molar-refractivity contribution in [2.45, 2.75) is 48.9 Å². The van der Waals surface area contributed by atoms with E-state index in [0.717, 1.165) is 41.6 Å². The Morgan fingerprint density at radius 2 is 1.67 bits per heavy atom. The standard InChI is InChI=1S/C23H26BrF6NOS/c1-32-21(15-33-20-4-2-19(24)3-5-20)7-10-31(11-8-21)9-6-16-12-17(22(25,26)27)14-18(13-16)23(28,29)30/h2-4,12-14,20H,5-11,15H2,1H3. The molecule has 1 aromatic rings. The van der Waals surface area contributed by atoms with Crippen LogP contribution in [0.25, 0.3) is 0 Å². The molecule has 1 aliphatic heterocycles. The summed E-state index contributed by atoms with van der Waals surface area (Å²) in [6, 6.07) is 1.81. The Morgan fingerprint density at radius 1 is 1.06 bits per heavy atom. The highest BCUT2D eigenvalue weighted by atomic mass is 79.9. The molecular weight excluding hydrogens is 532 g/mol. The molecule has 184 valence electrons. The molecule has 1 heterocycles. The molecule has 1 aromatic carbocycles. The van der Waals surface area contributed by atoms with Gasteiger partial charge in [-0.3, -0.25) is 0 Å². The van der Waals surface area contributed by atoms with Gasteiger partial charge < -0.3 is 9.64 Å². The SMILES string of the molecule is COC1(CSC2C=CC(Br)=CC2)CCN(CCc2cc(C(F)(F)F)cc(C(F)(F)F)c2)CC1. The van der Waals surface area contributed by atoms with Crippen LogP contribution in [-0.4, -0.2) is 48.2 Å². The van der Waals surface area contributed by atoms with Crippen LogP contribution < -0.4 is 0 Å². The zero-order chi connectivity index (χ0) is 24.3. The van der Waals surface area contributed by atoms with E-state index in [-0.39, 0.29) is 23.7 Å². The maximum absolute atomic E-state index is 13.1. The summed E-state index contributed by atoms with van der Waals surface area (Å²) in [5.74, 6) is 0.834. The summed E-state index contributed by atoms with van der Waals surface area (Å²) in [5, 5.41) is 0.389. The average molecular weight is 558 g/mol. The van der Waals surface area contributed by atoms with E-state index in [9.17, 15) is 26.3 Å². The second kappa shape index (κ2) is 10.7. The fourth-order valence-electron chi connectivity index (χ4n) is 4.00. The van der Waals surface area contributed by atoms with Crippen LogP contribution in [0.3, 0.4) is 0 Å². The molecule has 33 heavy (non-hydrogen) atoms. The highest BCUT2D eigenvalue weighted by molar-refractivity contribution is 9.11. The van der Waals surface area contributed by atoms with Crippen molar-refractivity contribution in [3.05, 3.63) is 57.6 Å². The molecule has 0 saturated carbocycles. The Bertz CT molecular complexity index is 842. The third-order valence-corrected chi connectivity index (χ3v) is 8.20. The Balaban J connectivity index is 1.56.